The predicted molar refractivity (Wildman–Crippen MR) is 78.0 cm³/mol. The molecule has 0 radical (unpaired) electrons. The van der Waals surface area contributed by atoms with Gasteiger partial charge in [-0.2, -0.15) is 0 Å². The molecule has 1 atom stereocenters. The van der Waals surface area contributed by atoms with Gasteiger partial charge in [-0.15, -0.1) is 0 Å². The van der Waals surface area contributed by atoms with E-state index >= 15 is 0 Å². The summed E-state index contributed by atoms with van der Waals surface area (Å²) >= 11 is 1.81. The molecule has 100 valence electrons. The molecule has 4 heteroatoms. The van der Waals surface area contributed by atoms with Gasteiger partial charge in [0.1, 0.15) is 11.5 Å². The molecule has 1 aliphatic heterocycles. The second-order valence-corrected chi connectivity index (χ2v) is 6.92. The van der Waals surface area contributed by atoms with E-state index in [9.17, 15) is 0 Å². The van der Waals surface area contributed by atoms with Crippen LogP contribution in [-0.4, -0.2) is 17.0 Å². The molecule has 0 amide bonds. The second-order valence-electron chi connectivity index (χ2n) is 5.83. The van der Waals surface area contributed by atoms with Crippen molar-refractivity contribution >= 4 is 16.9 Å². The number of aliphatic imine (C=N–C) groups is 1. The summed E-state index contributed by atoms with van der Waals surface area (Å²) < 4.78 is 5.52. The van der Waals surface area contributed by atoms with Crippen LogP contribution in [-0.2, 0) is 6.54 Å². The molecule has 0 saturated carbocycles. The van der Waals surface area contributed by atoms with Crippen molar-refractivity contribution in [2.75, 3.05) is 5.75 Å². The van der Waals surface area contributed by atoms with Crippen LogP contribution in [0.5, 0.6) is 0 Å². The van der Waals surface area contributed by atoms with Gasteiger partial charge in [0.15, 0.2) is 5.17 Å². The molecule has 0 bridgehead atoms. The molecule has 1 unspecified atom stereocenters. The Balaban J connectivity index is 1.96. The van der Waals surface area contributed by atoms with Gasteiger partial charge in [-0.3, -0.25) is 4.99 Å². The number of hydrogen-bond acceptors (Lipinski definition) is 3. The molecule has 0 spiro atoms. The van der Waals surface area contributed by atoms with Crippen molar-refractivity contribution in [3.63, 3.8) is 0 Å². The first kappa shape index (κ1) is 13.5. The van der Waals surface area contributed by atoms with Gasteiger partial charge in [0, 0.05) is 11.8 Å². The number of nitrogens with zero attached hydrogens (tertiary/aromatic N) is 1. The van der Waals surface area contributed by atoms with Gasteiger partial charge in [-0.05, 0) is 30.9 Å². The lowest BCUT2D eigenvalue weighted by atomic mass is 9.85. The summed E-state index contributed by atoms with van der Waals surface area (Å²) in [6.07, 6.45) is 1.20. The van der Waals surface area contributed by atoms with Crippen molar-refractivity contribution in [2.45, 2.75) is 46.7 Å². The van der Waals surface area contributed by atoms with Crippen LogP contribution >= 0.6 is 11.8 Å². The van der Waals surface area contributed by atoms with Crippen LogP contribution in [0.4, 0.5) is 0 Å². The Morgan fingerprint density at radius 2 is 2.22 bits per heavy atom. The fraction of sp³-hybridized carbons (Fsp3) is 0.643. The standard InChI is InChI=1S/C14H22N2OS/c1-10-5-6-11(17-10)9-15-13-16-12(7-8-18-13)14(2,3)4/h5-6,12H,7-9H2,1-4H3,(H,15,16). The minimum Gasteiger partial charge on any atom is -0.464 e. The maximum atomic E-state index is 5.52. The third-order valence-electron chi connectivity index (χ3n) is 3.16. The Morgan fingerprint density at radius 3 is 2.83 bits per heavy atom. The van der Waals surface area contributed by atoms with Gasteiger partial charge in [0.05, 0.1) is 6.54 Å². The third-order valence-corrected chi connectivity index (χ3v) is 4.12. The molecule has 2 heterocycles. The Hall–Kier alpha value is -0.900. The lowest BCUT2D eigenvalue weighted by molar-refractivity contribution is 0.290. The molecule has 3 nitrogen and oxygen atoms in total. The molecule has 1 aromatic heterocycles. The van der Waals surface area contributed by atoms with E-state index in [0.29, 0.717) is 12.6 Å². The minimum absolute atomic E-state index is 0.281. The van der Waals surface area contributed by atoms with E-state index < -0.39 is 0 Å². The maximum Gasteiger partial charge on any atom is 0.157 e. The zero-order valence-electron chi connectivity index (χ0n) is 11.6. The van der Waals surface area contributed by atoms with Crippen LogP contribution in [0.25, 0.3) is 0 Å². The van der Waals surface area contributed by atoms with E-state index in [1.54, 1.807) is 11.8 Å². The van der Waals surface area contributed by atoms with Crippen molar-refractivity contribution in [1.29, 1.82) is 0 Å². The van der Waals surface area contributed by atoms with Crippen molar-refractivity contribution in [2.24, 2.45) is 10.4 Å². The largest absolute Gasteiger partial charge is 0.464 e. The number of aryl methyl sites for hydroxylation is 1. The molecular formula is C14H22N2OS. The van der Waals surface area contributed by atoms with E-state index in [4.69, 9.17) is 4.42 Å². The van der Waals surface area contributed by atoms with Crippen molar-refractivity contribution < 1.29 is 4.42 Å². The highest BCUT2D eigenvalue weighted by Crippen LogP contribution is 2.27. The molecule has 1 N–H and O–H groups in total. The SMILES string of the molecule is Cc1ccc(CN=C2NC(C(C)(C)C)CCS2)o1. The fourth-order valence-corrected chi connectivity index (χ4v) is 2.93. The lowest BCUT2D eigenvalue weighted by Gasteiger charge is -2.35. The predicted octanol–water partition coefficient (Wildman–Crippen LogP) is 3.59. The summed E-state index contributed by atoms with van der Waals surface area (Å²) in [4.78, 5) is 4.61. The van der Waals surface area contributed by atoms with E-state index in [1.165, 1.54) is 6.42 Å². The molecule has 1 aliphatic rings. The first-order valence-corrected chi connectivity index (χ1v) is 7.43. The molecule has 18 heavy (non-hydrogen) atoms. The van der Waals surface area contributed by atoms with E-state index in [1.807, 2.05) is 19.1 Å². The maximum absolute atomic E-state index is 5.52. The van der Waals surface area contributed by atoms with Crippen LogP contribution in [0.1, 0.15) is 38.7 Å². The summed E-state index contributed by atoms with van der Waals surface area (Å²) in [5.41, 5.74) is 0.281. The van der Waals surface area contributed by atoms with Crippen molar-refractivity contribution in [3.05, 3.63) is 23.7 Å². The van der Waals surface area contributed by atoms with Crippen molar-refractivity contribution in [3.8, 4) is 0 Å². The summed E-state index contributed by atoms with van der Waals surface area (Å²) in [6, 6.07) is 4.49. The van der Waals surface area contributed by atoms with E-state index in [2.05, 4.69) is 31.1 Å². The smallest absolute Gasteiger partial charge is 0.157 e. The normalized spacial score (nSPS) is 23.1. The highest BCUT2D eigenvalue weighted by Gasteiger charge is 2.28. The van der Waals surface area contributed by atoms with Crippen LogP contribution in [0.2, 0.25) is 0 Å². The number of thioether (sulfide) groups is 1. The molecule has 1 aromatic rings. The fourth-order valence-electron chi connectivity index (χ4n) is 2.00. The molecule has 0 aromatic carbocycles. The molecule has 2 rings (SSSR count). The highest BCUT2D eigenvalue weighted by molar-refractivity contribution is 8.13. The highest BCUT2D eigenvalue weighted by atomic mass is 32.2. The average molecular weight is 266 g/mol. The second kappa shape index (κ2) is 5.39. The quantitative estimate of drug-likeness (QED) is 0.889. The summed E-state index contributed by atoms with van der Waals surface area (Å²) in [7, 11) is 0. The van der Waals surface area contributed by atoms with E-state index in [-0.39, 0.29) is 5.41 Å². The van der Waals surface area contributed by atoms with Crippen LogP contribution in [0.15, 0.2) is 21.5 Å². The van der Waals surface area contributed by atoms with Gasteiger partial charge in [-0.1, -0.05) is 32.5 Å². The van der Waals surface area contributed by atoms with Crippen LogP contribution in [0.3, 0.4) is 0 Å². The number of amidine groups is 1. The summed E-state index contributed by atoms with van der Waals surface area (Å²) in [5.74, 6) is 3.02. The molecule has 0 aliphatic carbocycles. The zero-order chi connectivity index (χ0) is 13.2. The van der Waals surface area contributed by atoms with Gasteiger partial charge in [0.25, 0.3) is 0 Å². The summed E-state index contributed by atoms with van der Waals surface area (Å²) in [5, 5.41) is 4.59. The minimum atomic E-state index is 0.281. The Bertz CT molecular complexity index is 431. The lowest BCUT2D eigenvalue weighted by Crippen LogP contribution is -2.46. The van der Waals surface area contributed by atoms with Crippen LogP contribution < -0.4 is 5.32 Å². The topological polar surface area (TPSA) is 37.5 Å². The first-order valence-electron chi connectivity index (χ1n) is 6.44. The first-order chi connectivity index (χ1) is 8.45. The average Bonchev–Trinajstić information content (AvgIpc) is 2.72. The Kier molecular flexibility index (Phi) is 4.05. The molecule has 1 saturated heterocycles. The zero-order valence-corrected chi connectivity index (χ0v) is 12.4. The number of furan rings is 1. The monoisotopic (exact) mass is 266 g/mol. The van der Waals surface area contributed by atoms with Crippen molar-refractivity contribution in [1.82, 2.24) is 5.32 Å². The van der Waals surface area contributed by atoms with Crippen LogP contribution in [0, 0.1) is 12.3 Å². The Morgan fingerprint density at radius 1 is 1.44 bits per heavy atom. The number of hydrogen-bond donors (Lipinski definition) is 1. The Labute approximate surface area is 113 Å². The summed E-state index contributed by atoms with van der Waals surface area (Å²) in [6.45, 7) is 9.40. The molecular weight excluding hydrogens is 244 g/mol. The van der Waals surface area contributed by atoms with Gasteiger partial charge >= 0.3 is 0 Å². The van der Waals surface area contributed by atoms with Gasteiger partial charge in [0.2, 0.25) is 0 Å². The number of nitrogens with one attached hydrogen (secondary N) is 1. The van der Waals surface area contributed by atoms with Gasteiger partial charge < -0.3 is 9.73 Å². The van der Waals surface area contributed by atoms with Gasteiger partial charge in [-0.25, -0.2) is 0 Å². The third kappa shape index (κ3) is 3.55. The van der Waals surface area contributed by atoms with E-state index in [0.717, 1.165) is 22.4 Å². The molecule has 1 fully saturated rings. The number of rotatable bonds is 2.